The van der Waals surface area contributed by atoms with Gasteiger partial charge in [-0.15, -0.1) is 0 Å². The molecule has 0 bridgehead atoms. The molecule has 0 aromatic heterocycles. The van der Waals surface area contributed by atoms with Gasteiger partial charge in [-0.05, 0) is 19.1 Å². The molecule has 1 amide bonds. The van der Waals surface area contributed by atoms with E-state index in [0.29, 0.717) is 4.90 Å². The molecule has 112 valence electrons. The van der Waals surface area contributed by atoms with E-state index >= 15 is 0 Å². The molecule has 0 N–H and O–H groups in total. The van der Waals surface area contributed by atoms with Crippen molar-refractivity contribution < 1.29 is 27.1 Å². The normalized spacial score (nSPS) is 18.3. The third kappa shape index (κ3) is 2.91. The van der Waals surface area contributed by atoms with E-state index < -0.39 is 30.5 Å². The second-order valence-corrected chi connectivity index (χ2v) is 4.64. The molecule has 1 aliphatic rings. The zero-order chi connectivity index (χ0) is 15.8. The smallest absolute Gasteiger partial charge is 0.471 e. The van der Waals surface area contributed by atoms with Crippen molar-refractivity contribution in [2.45, 2.75) is 25.7 Å². The van der Waals surface area contributed by atoms with Gasteiger partial charge in [0.1, 0.15) is 18.2 Å². The lowest BCUT2D eigenvalue weighted by Crippen LogP contribution is -2.46. The molecule has 1 atom stereocenters. The van der Waals surface area contributed by atoms with Crippen molar-refractivity contribution >= 4 is 5.91 Å². The Morgan fingerprint density at radius 3 is 2.71 bits per heavy atom. The zero-order valence-corrected chi connectivity index (χ0v) is 10.9. The predicted octanol–water partition coefficient (Wildman–Crippen LogP) is 2.37. The van der Waals surface area contributed by atoms with Crippen LogP contribution >= 0.6 is 0 Å². The molecule has 8 heteroatoms. The van der Waals surface area contributed by atoms with Crippen LogP contribution in [-0.2, 0) is 11.3 Å². The number of hydrogen-bond donors (Lipinski definition) is 0. The molecule has 0 spiro atoms. The number of fused-ring (bicyclic) bond motifs is 1. The van der Waals surface area contributed by atoms with Crippen molar-refractivity contribution in [2.24, 2.45) is 0 Å². The van der Waals surface area contributed by atoms with Crippen molar-refractivity contribution in [1.82, 2.24) is 4.90 Å². The van der Waals surface area contributed by atoms with Crippen molar-refractivity contribution in [3.05, 3.63) is 29.1 Å². The van der Waals surface area contributed by atoms with Crippen molar-refractivity contribution in [3.63, 3.8) is 0 Å². The maximum absolute atomic E-state index is 13.9. The van der Waals surface area contributed by atoms with E-state index in [2.05, 4.69) is 0 Å². The van der Waals surface area contributed by atoms with Gasteiger partial charge in [0.05, 0.1) is 24.2 Å². The lowest BCUT2D eigenvalue weighted by Gasteiger charge is -2.27. The highest BCUT2D eigenvalue weighted by Gasteiger charge is 2.45. The Bertz CT molecular complexity index is 622. The first kappa shape index (κ1) is 15.1. The Balaban J connectivity index is 2.43. The number of carbonyl (C=O) groups excluding carboxylic acids is 1. The van der Waals surface area contributed by atoms with Gasteiger partial charge in [-0.2, -0.15) is 18.4 Å². The molecule has 1 aromatic rings. The Hall–Kier alpha value is -2.30. The lowest BCUT2D eigenvalue weighted by atomic mass is 10.1. The summed E-state index contributed by atoms with van der Waals surface area (Å²) < 4.78 is 56.8. The van der Waals surface area contributed by atoms with Gasteiger partial charge in [-0.25, -0.2) is 4.39 Å². The molecule has 0 aliphatic carbocycles. The summed E-state index contributed by atoms with van der Waals surface area (Å²) in [4.78, 5) is 11.9. The van der Waals surface area contributed by atoms with Crippen LogP contribution in [0, 0.1) is 17.1 Å². The van der Waals surface area contributed by atoms with Crippen molar-refractivity contribution in [3.8, 4) is 11.8 Å². The highest BCUT2D eigenvalue weighted by molar-refractivity contribution is 5.82. The third-order valence-electron chi connectivity index (χ3n) is 3.13. The minimum atomic E-state index is -5.04. The average Bonchev–Trinajstić information content (AvgIpc) is 2.57. The van der Waals surface area contributed by atoms with E-state index in [4.69, 9.17) is 10.00 Å². The molecule has 21 heavy (non-hydrogen) atoms. The van der Waals surface area contributed by atoms with E-state index in [0.717, 1.165) is 6.07 Å². The molecule has 1 heterocycles. The molecule has 1 aliphatic heterocycles. The Morgan fingerprint density at radius 1 is 1.48 bits per heavy atom. The van der Waals surface area contributed by atoms with Crippen molar-refractivity contribution in [1.29, 1.82) is 5.26 Å². The first-order chi connectivity index (χ1) is 9.74. The Kier molecular flexibility index (Phi) is 3.77. The molecule has 4 nitrogen and oxygen atoms in total. The summed E-state index contributed by atoms with van der Waals surface area (Å²) in [5, 5.41) is 8.75. The first-order valence-electron chi connectivity index (χ1n) is 5.97. The van der Waals surface area contributed by atoms with Crippen LogP contribution < -0.4 is 4.74 Å². The van der Waals surface area contributed by atoms with Gasteiger partial charge in [0.25, 0.3) is 0 Å². The summed E-state index contributed by atoms with van der Waals surface area (Å²) in [6.07, 6.45) is -5.04. The summed E-state index contributed by atoms with van der Waals surface area (Å²) >= 11 is 0. The first-order valence-corrected chi connectivity index (χ1v) is 5.97. The highest BCUT2D eigenvalue weighted by atomic mass is 19.4. The number of nitrogens with zero attached hydrogens (tertiary/aromatic N) is 2. The van der Waals surface area contributed by atoms with Gasteiger partial charge >= 0.3 is 12.1 Å². The van der Waals surface area contributed by atoms with Gasteiger partial charge in [0.2, 0.25) is 0 Å². The number of benzene rings is 1. The van der Waals surface area contributed by atoms with Gasteiger partial charge in [0.15, 0.2) is 0 Å². The number of rotatable bonds is 0. The van der Waals surface area contributed by atoms with Crippen LogP contribution in [0.25, 0.3) is 0 Å². The van der Waals surface area contributed by atoms with Gasteiger partial charge in [-0.1, -0.05) is 0 Å². The third-order valence-corrected chi connectivity index (χ3v) is 3.13. The second-order valence-electron chi connectivity index (χ2n) is 4.64. The summed E-state index contributed by atoms with van der Waals surface area (Å²) in [5.74, 6) is -2.94. The minimum absolute atomic E-state index is 0.00509. The van der Waals surface area contributed by atoms with Crippen LogP contribution in [-0.4, -0.2) is 29.6 Å². The van der Waals surface area contributed by atoms with Crippen LogP contribution in [0.3, 0.4) is 0 Å². The SMILES string of the molecule is CC1COc2cc(C#N)cc(F)c2CN1C(=O)C(F)(F)F. The molecule has 2 rings (SSSR count). The average molecular weight is 302 g/mol. The van der Waals surface area contributed by atoms with Crippen LogP contribution in [0.15, 0.2) is 12.1 Å². The summed E-state index contributed by atoms with van der Waals surface area (Å²) in [5.41, 5.74) is -0.176. The quantitative estimate of drug-likeness (QED) is 0.691. The highest BCUT2D eigenvalue weighted by Crippen LogP contribution is 2.31. The maximum Gasteiger partial charge on any atom is 0.471 e. The maximum atomic E-state index is 13.9. The van der Waals surface area contributed by atoms with Gasteiger partial charge in [0, 0.05) is 5.56 Å². The van der Waals surface area contributed by atoms with Crippen LogP contribution in [0.4, 0.5) is 17.6 Å². The van der Waals surface area contributed by atoms with Crippen LogP contribution in [0.2, 0.25) is 0 Å². The number of hydrogen-bond acceptors (Lipinski definition) is 3. The predicted molar refractivity (Wildman–Crippen MR) is 62.7 cm³/mol. The fourth-order valence-corrected chi connectivity index (χ4v) is 2.02. The molecule has 0 saturated heterocycles. The van der Waals surface area contributed by atoms with Crippen LogP contribution in [0.1, 0.15) is 18.1 Å². The number of halogens is 4. The van der Waals surface area contributed by atoms with Crippen LogP contribution in [0.5, 0.6) is 5.75 Å². The minimum Gasteiger partial charge on any atom is -0.491 e. The van der Waals surface area contributed by atoms with E-state index in [1.807, 2.05) is 0 Å². The molecular weight excluding hydrogens is 292 g/mol. The topological polar surface area (TPSA) is 53.3 Å². The lowest BCUT2D eigenvalue weighted by molar-refractivity contribution is -0.188. The van der Waals surface area contributed by atoms with Crippen molar-refractivity contribution in [2.75, 3.05) is 6.61 Å². The molecule has 0 fully saturated rings. The van der Waals surface area contributed by atoms with E-state index in [1.165, 1.54) is 13.0 Å². The van der Waals surface area contributed by atoms with Gasteiger partial charge < -0.3 is 9.64 Å². The second kappa shape index (κ2) is 5.24. The standard InChI is InChI=1S/C13H10F4N2O2/c1-7-6-21-11-3-8(4-18)2-10(14)9(11)5-19(7)12(20)13(15,16)17/h2-3,7H,5-6H2,1H3. The Morgan fingerprint density at radius 2 is 2.14 bits per heavy atom. The largest absolute Gasteiger partial charge is 0.491 e. The number of ether oxygens (including phenoxy) is 1. The monoisotopic (exact) mass is 302 g/mol. The summed E-state index contributed by atoms with van der Waals surface area (Å²) in [6.45, 7) is 0.591. The Labute approximate surface area is 117 Å². The molecule has 0 saturated carbocycles. The molecule has 0 radical (unpaired) electrons. The summed E-state index contributed by atoms with van der Waals surface area (Å²) in [7, 11) is 0. The summed E-state index contributed by atoms with van der Waals surface area (Å²) in [6, 6.07) is 2.99. The molecule has 1 aromatic carbocycles. The number of alkyl halides is 3. The number of nitriles is 1. The van der Waals surface area contributed by atoms with E-state index in [-0.39, 0.29) is 23.5 Å². The zero-order valence-electron chi connectivity index (χ0n) is 10.9. The molecular formula is C13H10F4N2O2. The number of amides is 1. The molecule has 1 unspecified atom stereocenters. The number of carbonyl (C=O) groups is 1. The fourth-order valence-electron chi connectivity index (χ4n) is 2.02. The van der Waals surface area contributed by atoms with Gasteiger partial charge in [-0.3, -0.25) is 4.79 Å². The van der Waals surface area contributed by atoms with E-state index in [9.17, 15) is 22.4 Å². The fraction of sp³-hybridized carbons (Fsp3) is 0.385. The van der Waals surface area contributed by atoms with E-state index in [1.54, 1.807) is 6.07 Å².